The van der Waals surface area contributed by atoms with Gasteiger partial charge in [-0.3, -0.25) is 9.69 Å². The molecular weight excluding hydrogens is 364 g/mol. The summed E-state index contributed by atoms with van der Waals surface area (Å²) in [6.07, 6.45) is 3.14. The van der Waals surface area contributed by atoms with Crippen molar-refractivity contribution in [3.05, 3.63) is 35.5 Å². The molecule has 1 aromatic heterocycles. The first-order valence-corrected chi connectivity index (χ1v) is 9.76. The maximum absolute atomic E-state index is 12.4. The number of piperidine rings is 1. The molecule has 5 rings (SSSR count). The van der Waals surface area contributed by atoms with E-state index in [0.717, 1.165) is 32.4 Å². The number of hydrogen-bond donors (Lipinski definition) is 2. The van der Waals surface area contributed by atoms with Crippen molar-refractivity contribution >= 4 is 29.3 Å². The van der Waals surface area contributed by atoms with Crippen molar-refractivity contribution in [3.63, 3.8) is 0 Å². The van der Waals surface area contributed by atoms with E-state index in [1.807, 2.05) is 0 Å². The molecule has 6 heteroatoms. The molecule has 2 N–H and O–H groups in total. The number of aliphatic hydroxyl groups is 1. The van der Waals surface area contributed by atoms with Gasteiger partial charge in [-0.2, -0.15) is 0 Å². The van der Waals surface area contributed by atoms with Crippen LogP contribution in [0.1, 0.15) is 36.6 Å². The molecule has 1 aliphatic carbocycles. The Kier molecular flexibility index (Phi) is 4.95. The SMILES string of the molecule is COC(=O)[C@H]1C(O)CCC2CN3CCc4c([nH]c5ccccc45)C3CC21.Cl. The number of carbonyl (C=O) groups is 1. The van der Waals surface area contributed by atoms with Crippen molar-refractivity contribution in [1.29, 1.82) is 0 Å². The zero-order valence-electron chi connectivity index (χ0n) is 15.6. The number of nitrogens with one attached hydrogen (secondary N) is 1. The van der Waals surface area contributed by atoms with Gasteiger partial charge in [0.1, 0.15) is 0 Å². The minimum absolute atomic E-state index is 0. The molecule has 0 bridgehead atoms. The maximum Gasteiger partial charge on any atom is 0.311 e. The van der Waals surface area contributed by atoms with Gasteiger partial charge in [0.25, 0.3) is 0 Å². The predicted octanol–water partition coefficient (Wildman–Crippen LogP) is 3.07. The lowest BCUT2D eigenvalue weighted by Crippen LogP contribution is -2.53. The number of benzene rings is 1. The summed E-state index contributed by atoms with van der Waals surface area (Å²) in [4.78, 5) is 18.6. The Bertz CT molecular complexity index is 851. The number of aromatic amines is 1. The number of fused-ring (bicyclic) bond motifs is 6. The van der Waals surface area contributed by atoms with E-state index in [0.29, 0.717) is 18.4 Å². The van der Waals surface area contributed by atoms with E-state index in [-0.39, 0.29) is 30.2 Å². The van der Waals surface area contributed by atoms with Crippen LogP contribution in [-0.4, -0.2) is 47.3 Å². The molecule has 3 heterocycles. The lowest BCUT2D eigenvalue weighted by Gasteiger charge is -2.50. The van der Waals surface area contributed by atoms with Crippen LogP contribution in [0, 0.1) is 17.8 Å². The fourth-order valence-electron chi connectivity index (χ4n) is 5.80. The first-order valence-electron chi connectivity index (χ1n) is 9.76. The Morgan fingerprint density at radius 2 is 2.11 bits per heavy atom. The van der Waals surface area contributed by atoms with Crippen molar-refractivity contribution in [1.82, 2.24) is 9.88 Å². The van der Waals surface area contributed by atoms with Crippen LogP contribution in [0.15, 0.2) is 24.3 Å². The van der Waals surface area contributed by atoms with Gasteiger partial charge in [0.2, 0.25) is 0 Å². The number of para-hydroxylation sites is 1. The Labute approximate surface area is 165 Å². The van der Waals surface area contributed by atoms with Crippen LogP contribution in [-0.2, 0) is 16.0 Å². The molecule has 0 spiro atoms. The average molecular weight is 391 g/mol. The molecule has 5 nitrogen and oxygen atoms in total. The van der Waals surface area contributed by atoms with Crippen molar-refractivity contribution in [3.8, 4) is 0 Å². The van der Waals surface area contributed by atoms with Gasteiger partial charge >= 0.3 is 5.97 Å². The number of methoxy groups -OCH3 is 1. The quantitative estimate of drug-likeness (QED) is 0.734. The van der Waals surface area contributed by atoms with Crippen LogP contribution in [0.25, 0.3) is 10.9 Å². The van der Waals surface area contributed by atoms with Crippen LogP contribution in [0.3, 0.4) is 0 Å². The Morgan fingerprint density at radius 3 is 2.93 bits per heavy atom. The first-order chi connectivity index (χ1) is 12.7. The molecule has 2 aromatic rings. The van der Waals surface area contributed by atoms with Gasteiger partial charge in [-0.1, -0.05) is 18.2 Å². The third-order valence-electron chi connectivity index (χ3n) is 7.02. The molecule has 0 radical (unpaired) electrons. The molecule has 4 unspecified atom stereocenters. The normalized spacial score (nSPS) is 32.7. The van der Waals surface area contributed by atoms with Gasteiger partial charge in [-0.15, -0.1) is 12.4 Å². The van der Waals surface area contributed by atoms with E-state index in [1.165, 1.54) is 29.3 Å². The number of rotatable bonds is 1. The van der Waals surface area contributed by atoms with Crippen molar-refractivity contribution in [2.24, 2.45) is 17.8 Å². The van der Waals surface area contributed by atoms with Crippen LogP contribution >= 0.6 is 12.4 Å². The summed E-state index contributed by atoms with van der Waals surface area (Å²) in [5, 5.41) is 11.8. The summed E-state index contributed by atoms with van der Waals surface area (Å²) in [5.41, 5.74) is 3.96. The Hall–Kier alpha value is -1.56. The fourth-order valence-corrected chi connectivity index (χ4v) is 5.80. The standard InChI is InChI=1S/C21H26N2O3.ClH/c1-26-21(25)19-15-10-17-20-14(13-4-2-3-5-16(13)22-20)8-9-23(17)11-12(15)6-7-18(19)24;/h2-5,12,15,17-19,22,24H,6-11H2,1H3;1H/t12?,15?,17?,18?,19-;/m1./s1. The molecule has 5 atom stereocenters. The highest BCUT2D eigenvalue weighted by molar-refractivity contribution is 5.85. The van der Waals surface area contributed by atoms with Gasteiger partial charge in [0.15, 0.2) is 0 Å². The number of halogens is 1. The number of carbonyl (C=O) groups excluding carboxylic acids is 1. The second kappa shape index (κ2) is 7.12. The molecule has 2 fully saturated rings. The van der Waals surface area contributed by atoms with E-state index >= 15 is 0 Å². The third kappa shape index (κ3) is 2.87. The lowest BCUT2D eigenvalue weighted by atomic mass is 9.65. The summed E-state index contributed by atoms with van der Waals surface area (Å²) >= 11 is 0. The van der Waals surface area contributed by atoms with E-state index in [4.69, 9.17) is 4.74 Å². The summed E-state index contributed by atoms with van der Waals surface area (Å²) in [6, 6.07) is 8.83. The van der Waals surface area contributed by atoms with E-state index in [1.54, 1.807) is 0 Å². The Balaban J connectivity index is 0.00000180. The Morgan fingerprint density at radius 1 is 1.30 bits per heavy atom. The monoisotopic (exact) mass is 390 g/mol. The number of aliphatic hydroxyl groups excluding tert-OH is 1. The smallest absolute Gasteiger partial charge is 0.311 e. The van der Waals surface area contributed by atoms with E-state index in [2.05, 4.69) is 34.1 Å². The highest BCUT2D eigenvalue weighted by Gasteiger charge is 2.49. The maximum atomic E-state index is 12.4. The summed E-state index contributed by atoms with van der Waals surface area (Å²) in [7, 11) is 1.43. The van der Waals surface area contributed by atoms with Crippen LogP contribution in [0.5, 0.6) is 0 Å². The topological polar surface area (TPSA) is 65.6 Å². The summed E-state index contributed by atoms with van der Waals surface area (Å²) < 4.78 is 5.04. The zero-order chi connectivity index (χ0) is 17.8. The number of ether oxygens (including phenoxy) is 1. The molecule has 3 aliphatic rings. The number of hydrogen-bond acceptors (Lipinski definition) is 4. The molecule has 1 saturated heterocycles. The van der Waals surface area contributed by atoms with Crippen LogP contribution < -0.4 is 0 Å². The van der Waals surface area contributed by atoms with Gasteiger partial charge < -0.3 is 14.8 Å². The first kappa shape index (κ1) is 18.8. The van der Waals surface area contributed by atoms with E-state index in [9.17, 15) is 9.90 Å². The van der Waals surface area contributed by atoms with Crippen molar-refractivity contribution < 1.29 is 14.6 Å². The van der Waals surface area contributed by atoms with Crippen LogP contribution in [0.4, 0.5) is 0 Å². The molecule has 0 amide bonds. The molecular formula is C21H27ClN2O3. The van der Waals surface area contributed by atoms with Gasteiger partial charge in [-0.25, -0.2) is 0 Å². The molecule has 146 valence electrons. The number of aromatic nitrogens is 1. The summed E-state index contributed by atoms with van der Waals surface area (Å²) in [6.45, 7) is 2.10. The molecule has 2 aliphatic heterocycles. The number of nitrogens with zero attached hydrogens (tertiary/aromatic N) is 1. The van der Waals surface area contributed by atoms with Crippen molar-refractivity contribution in [2.75, 3.05) is 20.2 Å². The second-order valence-electron chi connectivity index (χ2n) is 8.18. The summed E-state index contributed by atoms with van der Waals surface area (Å²) in [5.74, 6) is 0.0541. The number of H-pyrrole nitrogens is 1. The zero-order valence-corrected chi connectivity index (χ0v) is 16.4. The van der Waals surface area contributed by atoms with Gasteiger partial charge in [0.05, 0.1) is 25.2 Å². The molecule has 1 saturated carbocycles. The number of esters is 1. The lowest BCUT2D eigenvalue weighted by molar-refractivity contribution is -0.160. The largest absolute Gasteiger partial charge is 0.469 e. The molecule has 1 aromatic carbocycles. The van der Waals surface area contributed by atoms with Crippen molar-refractivity contribution in [2.45, 2.75) is 37.8 Å². The fraction of sp³-hybridized carbons (Fsp3) is 0.571. The molecule has 27 heavy (non-hydrogen) atoms. The highest BCUT2D eigenvalue weighted by atomic mass is 35.5. The van der Waals surface area contributed by atoms with Gasteiger partial charge in [-0.05, 0) is 49.1 Å². The van der Waals surface area contributed by atoms with E-state index < -0.39 is 6.10 Å². The van der Waals surface area contributed by atoms with Gasteiger partial charge in [0, 0.05) is 29.7 Å². The predicted molar refractivity (Wildman–Crippen MR) is 106 cm³/mol. The average Bonchev–Trinajstić information content (AvgIpc) is 3.05. The minimum Gasteiger partial charge on any atom is -0.469 e. The van der Waals surface area contributed by atoms with Crippen LogP contribution in [0.2, 0.25) is 0 Å². The minimum atomic E-state index is -0.568. The second-order valence-corrected chi connectivity index (χ2v) is 8.18. The third-order valence-corrected chi connectivity index (χ3v) is 7.02. The highest BCUT2D eigenvalue weighted by Crippen LogP contribution is 2.49.